The Morgan fingerprint density at radius 3 is 2.77 bits per heavy atom. The molecule has 0 atom stereocenters. The number of hydrogen-bond donors (Lipinski definition) is 0. The molecule has 0 aromatic carbocycles. The molecule has 0 aliphatic heterocycles. The van der Waals surface area contributed by atoms with Crippen molar-refractivity contribution in [2.24, 2.45) is 0 Å². The molecule has 0 fully saturated rings. The lowest BCUT2D eigenvalue weighted by Gasteiger charge is -2.02. The van der Waals surface area contributed by atoms with Gasteiger partial charge in [0, 0.05) is 6.54 Å². The second kappa shape index (κ2) is 4.41. The van der Waals surface area contributed by atoms with Crippen LogP contribution in [0.15, 0.2) is 5.16 Å². The number of aromatic nitrogens is 3. The van der Waals surface area contributed by atoms with Crippen molar-refractivity contribution in [3.05, 3.63) is 5.82 Å². The number of carbonyl (C=O) groups excluding carboxylic acids is 1. The first-order valence-corrected chi connectivity index (χ1v) is 5.15. The van der Waals surface area contributed by atoms with Crippen LogP contribution >= 0.6 is 11.8 Å². The van der Waals surface area contributed by atoms with Gasteiger partial charge in [0.2, 0.25) is 0 Å². The fourth-order valence-electron chi connectivity index (χ4n) is 0.999. The quantitative estimate of drug-likeness (QED) is 0.685. The first-order valence-electron chi connectivity index (χ1n) is 4.17. The summed E-state index contributed by atoms with van der Waals surface area (Å²) in [5.41, 5.74) is 0. The van der Waals surface area contributed by atoms with Gasteiger partial charge in [-0.1, -0.05) is 11.8 Å². The van der Waals surface area contributed by atoms with Gasteiger partial charge in [-0.25, -0.2) is 0 Å². The van der Waals surface area contributed by atoms with Gasteiger partial charge in [-0.05, 0) is 20.8 Å². The molecule has 1 rings (SSSR count). The standard InChI is InChI=1S/C8H13N3OS/c1-4-11-7(3)9-10-8(11)13-5-6(2)12/h4-5H2,1-3H3. The Morgan fingerprint density at radius 1 is 1.54 bits per heavy atom. The second-order valence-electron chi connectivity index (χ2n) is 2.76. The second-order valence-corrected chi connectivity index (χ2v) is 3.71. The molecule has 0 bridgehead atoms. The molecule has 4 nitrogen and oxygen atoms in total. The molecule has 0 unspecified atom stereocenters. The monoisotopic (exact) mass is 199 g/mol. The van der Waals surface area contributed by atoms with E-state index in [2.05, 4.69) is 10.2 Å². The van der Waals surface area contributed by atoms with E-state index in [1.165, 1.54) is 11.8 Å². The molecule has 0 spiro atoms. The molecule has 72 valence electrons. The molecule has 5 heteroatoms. The third-order valence-corrected chi connectivity index (χ3v) is 2.73. The number of Topliss-reactive ketones (excluding diaryl/α,β-unsaturated/α-hetero) is 1. The Bertz CT molecular complexity index is 308. The van der Waals surface area contributed by atoms with E-state index in [-0.39, 0.29) is 5.78 Å². The zero-order valence-corrected chi connectivity index (χ0v) is 8.89. The lowest BCUT2D eigenvalue weighted by atomic mass is 10.5. The van der Waals surface area contributed by atoms with Crippen molar-refractivity contribution in [2.75, 3.05) is 5.75 Å². The van der Waals surface area contributed by atoms with Crippen molar-refractivity contribution in [1.29, 1.82) is 0 Å². The van der Waals surface area contributed by atoms with Crippen LogP contribution in [0, 0.1) is 6.92 Å². The Kier molecular flexibility index (Phi) is 3.48. The minimum atomic E-state index is 0.160. The summed E-state index contributed by atoms with van der Waals surface area (Å²) in [4.78, 5) is 10.7. The average Bonchev–Trinajstić information content (AvgIpc) is 2.42. The highest BCUT2D eigenvalue weighted by Crippen LogP contribution is 2.16. The average molecular weight is 199 g/mol. The van der Waals surface area contributed by atoms with Crippen LogP contribution in [-0.2, 0) is 11.3 Å². The predicted molar refractivity (Wildman–Crippen MR) is 51.8 cm³/mol. The van der Waals surface area contributed by atoms with Gasteiger partial charge in [-0.15, -0.1) is 10.2 Å². The van der Waals surface area contributed by atoms with Crippen molar-refractivity contribution in [1.82, 2.24) is 14.8 Å². The van der Waals surface area contributed by atoms with Crippen LogP contribution in [0.4, 0.5) is 0 Å². The van der Waals surface area contributed by atoms with E-state index in [1.807, 2.05) is 18.4 Å². The van der Waals surface area contributed by atoms with Crippen molar-refractivity contribution in [3.63, 3.8) is 0 Å². The SMILES string of the molecule is CCn1c(C)nnc1SCC(C)=O. The van der Waals surface area contributed by atoms with Gasteiger partial charge in [0.1, 0.15) is 11.6 Å². The molecule has 0 radical (unpaired) electrons. The molecule has 0 N–H and O–H groups in total. The van der Waals surface area contributed by atoms with Crippen molar-refractivity contribution >= 4 is 17.5 Å². The number of aryl methyl sites for hydroxylation is 1. The number of nitrogens with zero attached hydrogens (tertiary/aromatic N) is 3. The first kappa shape index (κ1) is 10.2. The Hall–Kier alpha value is -0.840. The van der Waals surface area contributed by atoms with Crippen LogP contribution in [0.5, 0.6) is 0 Å². The maximum Gasteiger partial charge on any atom is 0.191 e. The van der Waals surface area contributed by atoms with Gasteiger partial charge in [0.15, 0.2) is 5.16 Å². The Labute approximate surface area is 81.7 Å². The molecule has 13 heavy (non-hydrogen) atoms. The fourth-order valence-corrected chi connectivity index (χ4v) is 1.85. The number of carbonyl (C=O) groups is 1. The summed E-state index contributed by atoms with van der Waals surface area (Å²) in [6.07, 6.45) is 0. The molecular weight excluding hydrogens is 186 g/mol. The van der Waals surface area contributed by atoms with E-state index in [9.17, 15) is 4.79 Å². The number of rotatable bonds is 4. The summed E-state index contributed by atoms with van der Waals surface area (Å²) < 4.78 is 1.99. The van der Waals surface area contributed by atoms with E-state index < -0.39 is 0 Å². The topological polar surface area (TPSA) is 47.8 Å². The lowest BCUT2D eigenvalue weighted by Crippen LogP contribution is -2.01. The highest BCUT2D eigenvalue weighted by Gasteiger charge is 2.07. The third kappa shape index (κ3) is 2.55. The summed E-state index contributed by atoms with van der Waals surface area (Å²) in [6.45, 7) is 6.37. The van der Waals surface area contributed by atoms with Gasteiger partial charge in [0.05, 0.1) is 5.75 Å². The van der Waals surface area contributed by atoms with Crippen molar-refractivity contribution in [2.45, 2.75) is 32.5 Å². The number of ketones is 1. The van der Waals surface area contributed by atoms with Crippen LogP contribution in [0.25, 0.3) is 0 Å². The largest absolute Gasteiger partial charge is 0.307 e. The fraction of sp³-hybridized carbons (Fsp3) is 0.625. The maximum atomic E-state index is 10.7. The normalized spacial score (nSPS) is 10.4. The smallest absolute Gasteiger partial charge is 0.191 e. The van der Waals surface area contributed by atoms with Crippen molar-refractivity contribution < 1.29 is 4.79 Å². The molecule has 1 heterocycles. The van der Waals surface area contributed by atoms with E-state index in [0.717, 1.165) is 17.5 Å². The summed E-state index contributed by atoms with van der Waals surface area (Å²) in [5.74, 6) is 1.53. The van der Waals surface area contributed by atoms with Gasteiger partial charge in [0.25, 0.3) is 0 Å². The van der Waals surface area contributed by atoms with E-state index in [0.29, 0.717) is 5.75 Å². The van der Waals surface area contributed by atoms with Crippen molar-refractivity contribution in [3.8, 4) is 0 Å². The summed E-state index contributed by atoms with van der Waals surface area (Å²) in [5, 5.41) is 8.76. The van der Waals surface area contributed by atoms with Crippen LogP contribution in [0.1, 0.15) is 19.7 Å². The minimum Gasteiger partial charge on any atom is -0.307 e. The molecule has 0 amide bonds. The van der Waals surface area contributed by atoms with Crippen LogP contribution in [-0.4, -0.2) is 26.3 Å². The maximum absolute atomic E-state index is 10.7. The molecule has 1 aromatic heterocycles. The van der Waals surface area contributed by atoms with E-state index >= 15 is 0 Å². The van der Waals surface area contributed by atoms with Gasteiger partial charge in [-0.2, -0.15) is 0 Å². The number of hydrogen-bond acceptors (Lipinski definition) is 4. The Balaban J connectivity index is 2.70. The number of thioether (sulfide) groups is 1. The lowest BCUT2D eigenvalue weighted by molar-refractivity contribution is -0.114. The summed E-state index contributed by atoms with van der Waals surface area (Å²) in [6, 6.07) is 0. The Morgan fingerprint density at radius 2 is 2.23 bits per heavy atom. The summed E-state index contributed by atoms with van der Waals surface area (Å²) >= 11 is 1.44. The molecule has 0 saturated heterocycles. The first-order chi connectivity index (χ1) is 6.15. The van der Waals surface area contributed by atoms with Crippen LogP contribution in [0.3, 0.4) is 0 Å². The minimum absolute atomic E-state index is 0.160. The summed E-state index contributed by atoms with van der Waals surface area (Å²) in [7, 11) is 0. The van der Waals surface area contributed by atoms with Gasteiger partial charge >= 0.3 is 0 Å². The molecule has 1 aromatic rings. The molecule has 0 aliphatic rings. The van der Waals surface area contributed by atoms with E-state index in [1.54, 1.807) is 6.92 Å². The molecule has 0 aliphatic carbocycles. The zero-order valence-electron chi connectivity index (χ0n) is 8.07. The van der Waals surface area contributed by atoms with Gasteiger partial charge in [-0.3, -0.25) is 4.79 Å². The molecule has 0 saturated carbocycles. The predicted octanol–water partition coefficient (Wildman–Crippen LogP) is 1.29. The molecular formula is C8H13N3OS. The third-order valence-electron chi connectivity index (χ3n) is 1.62. The highest BCUT2D eigenvalue weighted by molar-refractivity contribution is 7.99. The van der Waals surface area contributed by atoms with Crippen LogP contribution in [0.2, 0.25) is 0 Å². The van der Waals surface area contributed by atoms with E-state index in [4.69, 9.17) is 0 Å². The van der Waals surface area contributed by atoms with Gasteiger partial charge < -0.3 is 4.57 Å². The van der Waals surface area contributed by atoms with Crippen LogP contribution < -0.4 is 0 Å². The highest BCUT2D eigenvalue weighted by atomic mass is 32.2. The zero-order chi connectivity index (χ0) is 9.84.